The second kappa shape index (κ2) is 18.0. The van der Waals surface area contributed by atoms with Gasteiger partial charge >= 0.3 is 0 Å². The van der Waals surface area contributed by atoms with Crippen molar-refractivity contribution in [2.45, 2.75) is 107 Å². The third-order valence-corrected chi connectivity index (χ3v) is 14.4. The molecule has 1 saturated heterocycles. The summed E-state index contributed by atoms with van der Waals surface area (Å²) < 4.78 is 32.2. The summed E-state index contributed by atoms with van der Waals surface area (Å²) in [7, 11) is -4.26. The lowest BCUT2D eigenvalue weighted by molar-refractivity contribution is -0.137. The summed E-state index contributed by atoms with van der Waals surface area (Å²) in [5.41, 5.74) is 1.32. The number of morpholine rings is 1. The van der Waals surface area contributed by atoms with E-state index in [1.807, 2.05) is 42.5 Å². The maximum atomic E-state index is 14.6. The van der Waals surface area contributed by atoms with Crippen molar-refractivity contribution in [3.8, 4) is 0 Å². The zero-order chi connectivity index (χ0) is 39.2. The molecule has 5 atom stereocenters. The highest BCUT2D eigenvalue weighted by molar-refractivity contribution is 7.93. The van der Waals surface area contributed by atoms with E-state index in [4.69, 9.17) is 4.74 Å². The number of ether oxygens (including phenoxy) is 1. The van der Waals surface area contributed by atoms with Crippen molar-refractivity contribution in [1.82, 2.24) is 25.5 Å². The van der Waals surface area contributed by atoms with Crippen LogP contribution in [0.4, 0.5) is 0 Å². The Morgan fingerprint density at radius 3 is 2.35 bits per heavy atom. The first kappa shape index (κ1) is 40.8. The minimum Gasteiger partial charge on any atom is -0.390 e. The third-order valence-electron chi connectivity index (χ3n) is 11.8. The Morgan fingerprint density at radius 2 is 1.65 bits per heavy atom. The van der Waals surface area contributed by atoms with Gasteiger partial charge < -0.3 is 35.5 Å². The summed E-state index contributed by atoms with van der Waals surface area (Å²) >= 11 is 0. The normalized spacial score (nSPS) is 20.0. The van der Waals surface area contributed by atoms with Gasteiger partial charge in [-0.25, -0.2) is 13.4 Å². The number of aromatic nitrogens is 2. The molecule has 3 aliphatic rings. The molecule has 2 aromatic carbocycles. The average molecular weight is 780 g/mol. The van der Waals surface area contributed by atoms with Gasteiger partial charge in [-0.1, -0.05) is 74.6 Å². The monoisotopic (exact) mass is 779 g/mol. The van der Waals surface area contributed by atoms with E-state index < -0.39 is 68.3 Å². The van der Waals surface area contributed by atoms with Crippen LogP contribution in [0.2, 0.25) is 0 Å². The molecule has 300 valence electrons. The van der Waals surface area contributed by atoms with E-state index in [0.29, 0.717) is 25.3 Å². The molecule has 0 radical (unpaired) electrons. The topological polar surface area (TPSA) is 191 Å². The number of carbonyl (C=O) groups is 3. The fourth-order valence-corrected chi connectivity index (χ4v) is 9.75. The Balaban J connectivity index is 1.28. The van der Waals surface area contributed by atoms with Crippen molar-refractivity contribution in [1.29, 1.82) is 0 Å². The van der Waals surface area contributed by atoms with Crippen LogP contribution in [-0.4, -0.2) is 112 Å². The van der Waals surface area contributed by atoms with Crippen LogP contribution in [-0.2, 0) is 41.8 Å². The van der Waals surface area contributed by atoms with Crippen LogP contribution < -0.4 is 10.6 Å². The zero-order valence-corrected chi connectivity index (χ0v) is 32.8. The molecule has 14 heteroatoms. The Morgan fingerprint density at radius 1 is 0.945 bits per heavy atom. The maximum Gasteiger partial charge on any atom is 0.243 e. The first-order valence-corrected chi connectivity index (χ1v) is 21.5. The Bertz CT molecular complexity index is 1860. The molecular weight excluding hydrogens is 723 g/mol. The van der Waals surface area contributed by atoms with Crippen molar-refractivity contribution in [2.75, 3.05) is 32.1 Å². The molecule has 0 unspecified atom stereocenters. The van der Waals surface area contributed by atoms with Crippen molar-refractivity contribution < 1.29 is 37.8 Å². The van der Waals surface area contributed by atoms with E-state index in [1.165, 1.54) is 25.1 Å². The molecule has 55 heavy (non-hydrogen) atoms. The largest absolute Gasteiger partial charge is 0.390 e. The Hall–Kier alpha value is -3.85. The Labute approximate surface area is 323 Å². The third kappa shape index (κ3) is 10.1. The van der Waals surface area contributed by atoms with E-state index in [9.17, 15) is 33.0 Å². The summed E-state index contributed by atoms with van der Waals surface area (Å²) in [4.78, 5) is 51.1. The van der Waals surface area contributed by atoms with Crippen molar-refractivity contribution in [2.24, 2.45) is 17.8 Å². The van der Waals surface area contributed by atoms with Gasteiger partial charge in [0, 0.05) is 31.4 Å². The molecule has 13 nitrogen and oxygen atoms in total. The number of H-pyrrole nitrogens is 1. The van der Waals surface area contributed by atoms with Crippen LogP contribution in [0, 0.1) is 17.8 Å². The van der Waals surface area contributed by atoms with Gasteiger partial charge in [0.2, 0.25) is 17.7 Å². The Kier molecular flexibility index (Phi) is 13.3. The predicted molar refractivity (Wildman–Crippen MR) is 208 cm³/mol. The number of fused-ring (bicyclic) bond motifs is 1. The second-order valence-corrected chi connectivity index (χ2v) is 18.8. The molecule has 5 N–H and O–H groups in total. The van der Waals surface area contributed by atoms with E-state index in [1.54, 1.807) is 6.20 Å². The van der Waals surface area contributed by atoms with Crippen LogP contribution in [0.3, 0.4) is 0 Å². The van der Waals surface area contributed by atoms with Crippen LogP contribution in [0.15, 0.2) is 55.0 Å². The number of hydrogen-bond donors (Lipinski definition) is 5. The SMILES string of the molecule is CC(C)(C(=O)N1CCOCC1)S(=O)(=O)C[C@@H](Cc1cccc2ccccc12)C(=O)N[C@@H](Cc1cnc[nH]1)C(=O)N[C@@H](CC1CCCCC1)[C@@H](O)[C@@H](O)C1CC1. The smallest absolute Gasteiger partial charge is 0.243 e. The van der Waals surface area contributed by atoms with E-state index in [2.05, 4.69) is 20.6 Å². The predicted octanol–water partition coefficient (Wildman–Crippen LogP) is 3.09. The van der Waals surface area contributed by atoms with E-state index in [-0.39, 0.29) is 37.8 Å². The minimum absolute atomic E-state index is 0.0163. The number of sulfone groups is 1. The van der Waals surface area contributed by atoms with Crippen LogP contribution in [0.25, 0.3) is 10.8 Å². The standard InChI is InChI=1S/C41H57N5O8S/c1-41(2,40(51)46-17-19-54-20-18-46)55(52,53)25-31(22-30-13-8-12-28-11-6-7-14-33(28)30)38(49)45-35(23-32-24-42-26-43-32)39(50)44-34(21-27-9-4-3-5-10-27)37(48)36(47)29-15-16-29/h6-8,11-14,24,26-27,29,31,34-37,47-48H,3-5,9-10,15-23,25H2,1-2H3,(H,42,43)(H,44,50)(H,45,49)/t31-,34+,35+,36+,37-/m1/s1. The quantitative estimate of drug-likeness (QED) is 0.137. The van der Waals surface area contributed by atoms with E-state index >= 15 is 0 Å². The molecule has 0 bridgehead atoms. The molecule has 0 spiro atoms. The molecular formula is C41H57N5O8S. The summed E-state index contributed by atoms with van der Waals surface area (Å²) in [6.45, 7) is 3.94. The maximum absolute atomic E-state index is 14.6. The number of benzene rings is 2. The average Bonchev–Trinajstić information content (AvgIpc) is 3.92. The first-order valence-electron chi connectivity index (χ1n) is 19.8. The summed E-state index contributed by atoms with van der Waals surface area (Å²) in [5.74, 6) is -3.32. The van der Waals surface area contributed by atoms with Gasteiger partial charge in [0.05, 0.1) is 43.4 Å². The molecule has 3 amide bonds. The molecule has 2 saturated carbocycles. The highest BCUT2D eigenvalue weighted by Crippen LogP contribution is 2.36. The second-order valence-electron chi connectivity index (χ2n) is 16.3. The van der Waals surface area contributed by atoms with Gasteiger partial charge in [-0.3, -0.25) is 14.4 Å². The van der Waals surface area contributed by atoms with Crippen LogP contribution in [0.1, 0.15) is 76.5 Å². The van der Waals surface area contributed by atoms with Crippen LogP contribution in [0.5, 0.6) is 0 Å². The number of nitrogens with zero attached hydrogens (tertiary/aromatic N) is 2. The molecule has 3 aromatic rings. The molecule has 6 rings (SSSR count). The fraction of sp³-hybridized carbons (Fsp3) is 0.610. The number of hydrogen-bond acceptors (Lipinski definition) is 9. The van der Waals surface area contributed by atoms with Crippen molar-refractivity contribution in [3.63, 3.8) is 0 Å². The molecule has 1 aliphatic heterocycles. The zero-order valence-electron chi connectivity index (χ0n) is 32.0. The highest BCUT2D eigenvalue weighted by atomic mass is 32.2. The number of amides is 3. The van der Waals surface area contributed by atoms with Gasteiger partial charge in [0.15, 0.2) is 9.84 Å². The van der Waals surface area contributed by atoms with E-state index in [0.717, 1.165) is 61.3 Å². The number of carbonyl (C=O) groups excluding carboxylic acids is 3. The van der Waals surface area contributed by atoms with Crippen molar-refractivity contribution in [3.05, 3.63) is 66.2 Å². The van der Waals surface area contributed by atoms with Gasteiger partial charge in [-0.2, -0.15) is 0 Å². The van der Waals surface area contributed by atoms with Gasteiger partial charge in [0.25, 0.3) is 0 Å². The fourth-order valence-electron chi connectivity index (χ4n) is 8.14. The van der Waals surface area contributed by atoms with Gasteiger partial charge in [0.1, 0.15) is 16.9 Å². The number of aliphatic hydroxyl groups is 2. The number of nitrogens with one attached hydrogen (secondary N) is 3. The number of aliphatic hydroxyl groups excluding tert-OH is 2. The van der Waals surface area contributed by atoms with Crippen molar-refractivity contribution >= 4 is 38.3 Å². The number of rotatable bonds is 17. The number of imidazole rings is 1. The lowest BCUT2D eigenvalue weighted by Crippen LogP contribution is -2.57. The summed E-state index contributed by atoms with van der Waals surface area (Å²) in [6, 6.07) is 11.4. The molecule has 2 aliphatic carbocycles. The highest BCUT2D eigenvalue weighted by Gasteiger charge is 2.46. The molecule has 2 heterocycles. The van der Waals surface area contributed by atoms with Crippen LogP contribution >= 0.6 is 0 Å². The number of aromatic amines is 1. The summed E-state index contributed by atoms with van der Waals surface area (Å²) in [5, 5.41) is 30.1. The lowest BCUT2D eigenvalue weighted by atomic mass is 9.82. The molecule has 3 fully saturated rings. The van der Waals surface area contributed by atoms with Gasteiger partial charge in [-0.05, 0) is 67.7 Å². The summed E-state index contributed by atoms with van der Waals surface area (Å²) in [6.07, 6.45) is 8.27. The lowest BCUT2D eigenvalue weighted by Gasteiger charge is -2.35. The minimum atomic E-state index is -4.26. The molecule has 1 aromatic heterocycles. The first-order chi connectivity index (χ1) is 26.3. The van der Waals surface area contributed by atoms with Gasteiger partial charge in [-0.15, -0.1) is 0 Å².